The molecule has 0 unspecified atom stereocenters. The number of rotatable bonds is 2. The lowest BCUT2D eigenvalue weighted by molar-refractivity contribution is 0.0675. The SMILES string of the molecule is COc1ccc([C@@H]2N=C(N3CCOCC3)Nc3nc(C)cc(=O)n32)cc1. The van der Waals surface area contributed by atoms with E-state index >= 15 is 0 Å². The summed E-state index contributed by atoms with van der Waals surface area (Å²) in [5.41, 5.74) is 1.43. The van der Waals surface area contributed by atoms with E-state index in [-0.39, 0.29) is 5.56 Å². The van der Waals surface area contributed by atoms with E-state index in [4.69, 9.17) is 14.5 Å². The molecule has 8 nitrogen and oxygen atoms in total. The number of hydrogen-bond acceptors (Lipinski definition) is 7. The van der Waals surface area contributed by atoms with Gasteiger partial charge in [0.1, 0.15) is 5.75 Å². The molecule has 0 bridgehead atoms. The van der Waals surface area contributed by atoms with Gasteiger partial charge in [-0.25, -0.2) is 9.98 Å². The van der Waals surface area contributed by atoms with E-state index in [2.05, 4.69) is 15.2 Å². The van der Waals surface area contributed by atoms with E-state index in [9.17, 15) is 4.79 Å². The molecule has 8 heteroatoms. The quantitative estimate of drug-likeness (QED) is 0.872. The molecule has 0 radical (unpaired) electrons. The molecule has 1 aromatic heterocycles. The molecule has 1 atom stereocenters. The summed E-state index contributed by atoms with van der Waals surface area (Å²) in [4.78, 5) is 24.1. The van der Waals surface area contributed by atoms with Gasteiger partial charge in [0.2, 0.25) is 11.9 Å². The van der Waals surface area contributed by atoms with Gasteiger partial charge >= 0.3 is 0 Å². The van der Waals surface area contributed by atoms with E-state index in [0.717, 1.165) is 24.4 Å². The standard InChI is InChI=1S/C18H21N5O3/c1-12-11-15(24)23-16(13-3-5-14(25-2)6-4-13)20-17(21-18(23)19-12)22-7-9-26-10-8-22/h3-6,11,16H,7-10H2,1-2H3,(H,19,20,21)/t16-/m1/s1. The fraction of sp³-hybridized carbons (Fsp3) is 0.389. The lowest BCUT2D eigenvalue weighted by atomic mass is 10.1. The zero-order valence-corrected chi connectivity index (χ0v) is 14.8. The number of benzene rings is 1. The molecule has 1 fully saturated rings. The summed E-state index contributed by atoms with van der Waals surface area (Å²) in [6, 6.07) is 9.11. The van der Waals surface area contributed by atoms with E-state index in [1.807, 2.05) is 31.2 Å². The number of aryl methyl sites for hydroxylation is 1. The number of nitrogens with zero attached hydrogens (tertiary/aromatic N) is 4. The van der Waals surface area contributed by atoms with Crippen molar-refractivity contribution in [1.82, 2.24) is 14.5 Å². The van der Waals surface area contributed by atoms with Crippen LogP contribution in [-0.4, -0.2) is 53.8 Å². The van der Waals surface area contributed by atoms with Gasteiger partial charge in [-0.2, -0.15) is 0 Å². The minimum absolute atomic E-state index is 0.134. The highest BCUT2D eigenvalue weighted by atomic mass is 16.5. The summed E-state index contributed by atoms with van der Waals surface area (Å²) in [6.07, 6.45) is -0.476. The van der Waals surface area contributed by atoms with Crippen molar-refractivity contribution in [3.05, 3.63) is 51.9 Å². The first-order valence-electron chi connectivity index (χ1n) is 8.57. The van der Waals surface area contributed by atoms with E-state index in [1.165, 1.54) is 6.07 Å². The summed E-state index contributed by atoms with van der Waals surface area (Å²) in [5.74, 6) is 1.98. The predicted molar refractivity (Wildman–Crippen MR) is 97.8 cm³/mol. The molecule has 1 saturated heterocycles. The van der Waals surface area contributed by atoms with Crippen LogP contribution in [0.15, 0.2) is 40.1 Å². The van der Waals surface area contributed by atoms with Crippen molar-refractivity contribution in [2.45, 2.75) is 13.1 Å². The molecule has 0 spiro atoms. The average molecular weight is 355 g/mol. The maximum atomic E-state index is 12.6. The van der Waals surface area contributed by atoms with E-state index < -0.39 is 6.17 Å². The van der Waals surface area contributed by atoms with Crippen LogP contribution < -0.4 is 15.6 Å². The van der Waals surface area contributed by atoms with Crippen LogP contribution in [0.5, 0.6) is 5.75 Å². The van der Waals surface area contributed by atoms with Crippen LogP contribution in [0.25, 0.3) is 0 Å². The van der Waals surface area contributed by atoms with Crippen molar-refractivity contribution in [3.8, 4) is 5.75 Å². The molecule has 3 heterocycles. The van der Waals surface area contributed by atoms with E-state index in [1.54, 1.807) is 11.7 Å². The number of methoxy groups -OCH3 is 1. The Kier molecular flexibility index (Phi) is 4.34. The molecule has 2 aliphatic rings. The van der Waals surface area contributed by atoms with Crippen molar-refractivity contribution < 1.29 is 9.47 Å². The molecular weight excluding hydrogens is 334 g/mol. The minimum atomic E-state index is -0.476. The third-order valence-corrected chi connectivity index (χ3v) is 4.52. The molecule has 2 aliphatic heterocycles. The van der Waals surface area contributed by atoms with Crippen LogP contribution in [0.1, 0.15) is 17.4 Å². The summed E-state index contributed by atoms with van der Waals surface area (Å²) < 4.78 is 12.2. The largest absolute Gasteiger partial charge is 0.497 e. The van der Waals surface area contributed by atoms with Gasteiger partial charge in [0.05, 0.1) is 20.3 Å². The van der Waals surface area contributed by atoms with Gasteiger partial charge in [-0.05, 0) is 24.6 Å². The third kappa shape index (κ3) is 3.03. The summed E-state index contributed by atoms with van der Waals surface area (Å²) in [5, 5.41) is 3.22. The number of hydrogen-bond donors (Lipinski definition) is 1. The van der Waals surface area contributed by atoms with Crippen molar-refractivity contribution in [2.24, 2.45) is 4.99 Å². The van der Waals surface area contributed by atoms with Crippen molar-refractivity contribution in [1.29, 1.82) is 0 Å². The topological polar surface area (TPSA) is 81.0 Å². The van der Waals surface area contributed by atoms with Crippen LogP contribution in [0.3, 0.4) is 0 Å². The van der Waals surface area contributed by atoms with Gasteiger partial charge in [-0.15, -0.1) is 0 Å². The van der Waals surface area contributed by atoms with Gasteiger partial charge in [0, 0.05) is 24.8 Å². The number of fused-ring (bicyclic) bond motifs is 1. The number of morpholine rings is 1. The van der Waals surface area contributed by atoms with Crippen LogP contribution in [0.2, 0.25) is 0 Å². The van der Waals surface area contributed by atoms with Gasteiger partial charge in [0.15, 0.2) is 6.17 Å². The van der Waals surface area contributed by atoms with Crippen LogP contribution in [0.4, 0.5) is 5.95 Å². The normalized spacial score (nSPS) is 19.4. The first-order chi connectivity index (χ1) is 12.7. The zero-order valence-electron chi connectivity index (χ0n) is 14.8. The van der Waals surface area contributed by atoms with Gasteiger partial charge < -0.3 is 14.4 Å². The van der Waals surface area contributed by atoms with Gasteiger partial charge in [-0.3, -0.25) is 14.7 Å². The van der Waals surface area contributed by atoms with Gasteiger partial charge in [0.25, 0.3) is 5.56 Å². The molecule has 0 amide bonds. The Morgan fingerprint density at radius 2 is 1.96 bits per heavy atom. The fourth-order valence-corrected chi connectivity index (χ4v) is 3.17. The molecule has 26 heavy (non-hydrogen) atoms. The predicted octanol–water partition coefficient (Wildman–Crippen LogP) is 1.22. The van der Waals surface area contributed by atoms with Crippen LogP contribution in [0, 0.1) is 6.92 Å². The first-order valence-corrected chi connectivity index (χ1v) is 8.57. The maximum absolute atomic E-state index is 12.6. The van der Waals surface area contributed by atoms with Crippen LogP contribution in [-0.2, 0) is 4.74 Å². The average Bonchev–Trinajstić information content (AvgIpc) is 2.67. The Hall–Kier alpha value is -2.87. The highest BCUT2D eigenvalue weighted by Crippen LogP contribution is 2.27. The first kappa shape index (κ1) is 16.6. The molecular formula is C18H21N5O3. The number of guanidine groups is 1. The Morgan fingerprint density at radius 3 is 2.65 bits per heavy atom. The van der Waals surface area contributed by atoms with Crippen molar-refractivity contribution in [2.75, 3.05) is 38.7 Å². The highest BCUT2D eigenvalue weighted by Gasteiger charge is 2.28. The second-order valence-electron chi connectivity index (χ2n) is 6.25. The lowest BCUT2D eigenvalue weighted by Crippen LogP contribution is -2.47. The summed E-state index contributed by atoms with van der Waals surface area (Å²) in [7, 11) is 1.63. The lowest BCUT2D eigenvalue weighted by Gasteiger charge is -2.34. The second-order valence-corrected chi connectivity index (χ2v) is 6.25. The zero-order chi connectivity index (χ0) is 18.1. The minimum Gasteiger partial charge on any atom is -0.497 e. The fourth-order valence-electron chi connectivity index (χ4n) is 3.17. The summed E-state index contributed by atoms with van der Waals surface area (Å²) >= 11 is 0. The molecule has 0 aliphatic carbocycles. The van der Waals surface area contributed by atoms with Crippen LogP contribution >= 0.6 is 0 Å². The maximum Gasteiger partial charge on any atom is 0.257 e. The third-order valence-electron chi connectivity index (χ3n) is 4.52. The molecule has 2 aromatic rings. The number of aromatic nitrogens is 2. The molecule has 0 saturated carbocycles. The molecule has 1 aromatic carbocycles. The molecule has 1 N–H and O–H groups in total. The number of anilines is 1. The van der Waals surface area contributed by atoms with Gasteiger partial charge in [-0.1, -0.05) is 12.1 Å². The van der Waals surface area contributed by atoms with Crippen molar-refractivity contribution >= 4 is 11.9 Å². The Labute approximate surface area is 151 Å². The van der Waals surface area contributed by atoms with Crippen molar-refractivity contribution in [3.63, 3.8) is 0 Å². The highest BCUT2D eigenvalue weighted by molar-refractivity contribution is 5.93. The molecule has 136 valence electrons. The Balaban J connectivity index is 1.80. The number of ether oxygens (including phenoxy) is 2. The smallest absolute Gasteiger partial charge is 0.257 e. The monoisotopic (exact) mass is 355 g/mol. The number of nitrogens with one attached hydrogen (secondary N) is 1. The molecule has 4 rings (SSSR count). The Morgan fingerprint density at radius 1 is 1.23 bits per heavy atom. The second kappa shape index (κ2) is 6.80. The summed E-state index contributed by atoms with van der Waals surface area (Å²) in [6.45, 7) is 4.62. The number of aliphatic imine (C=N–C) groups is 1. The Bertz CT molecular complexity index is 885. The van der Waals surface area contributed by atoms with E-state index in [0.29, 0.717) is 30.8 Å².